The van der Waals surface area contributed by atoms with E-state index in [1.54, 1.807) is 18.2 Å². The van der Waals surface area contributed by atoms with Gasteiger partial charge in [0.05, 0.1) is 15.1 Å². The van der Waals surface area contributed by atoms with Gasteiger partial charge in [0.25, 0.3) is 11.6 Å². The molecule has 1 heterocycles. The van der Waals surface area contributed by atoms with Crippen LogP contribution in [-0.2, 0) is 0 Å². The summed E-state index contributed by atoms with van der Waals surface area (Å²) in [5.41, 5.74) is 3.06. The average molecular weight is 327 g/mol. The summed E-state index contributed by atoms with van der Waals surface area (Å²) in [7, 11) is 0. The maximum Gasteiger partial charge on any atom is 0.271 e. The van der Waals surface area contributed by atoms with Gasteiger partial charge in [-0.1, -0.05) is 28.5 Å². The summed E-state index contributed by atoms with van der Waals surface area (Å²) >= 11 is 1.28. The van der Waals surface area contributed by atoms with E-state index >= 15 is 0 Å². The SMILES string of the molecule is Cc1cc(C)cc(C(=O)Nc2nc3cc([N+](=O)[O-])ccc3s2)c1. The van der Waals surface area contributed by atoms with Crippen molar-refractivity contribution in [1.29, 1.82) is 0 Å². The van der Waals surface area contributed by atoms with Crippen molar-refractivity contribution in [2.75, 3.05) is 5.32 Å². The molecule has 6 nitrogen and oxygen atoms in total. The van der Waals surface area contributed by atoms with E-state index in [-0.39, 0.29) is 11.6 Å². The number of anilines is 1. The molecule has 0 saturated carbocycles. The number of hydrogen-bond donors (Lipinski definition) is 1. The van der Waals surface area contributed by atoms with Crippen molar-refractivity contribution in [2.24, 2.45) is 0 Å². The number of nitrogens with zero attached hydrogens (tertiary/aromatic N) is 2. The first kappa shape index (κ1) is 15.1. The molecule has 0 bridgehead atoms. The third-order valence-corrected chi connectivity index (χ3v) is 4.24. The fourth-order valence-electron chi connectivity index (χ4n) is 2.36. The Morgan fingerprint density at radius 3 is 2.52 bits per heavy atom. The highest BCUT2D eigenvalue weighted by Crippen LogP contribution is 2.29. The molecule has 0 unspecified atom stereocenters. The minimum Gasteiger partial charge on any atom is -0.298 e. The van der Waals surface area contributed by atoms with Gasteiger partial charge in [-0.05, 0) is 32.0 Å². The largest absolute Gasteiger partial charge is 0.298 e. The summed E-state index contributed by atoms with van der Waals surface area (Å²) in [4.78, 5) is 26.9. The number of nitro groups is 1. The lowest BCUT2D eigenvalue weighted by Crippen LogP contribution is -2.12. The number of amides is 1. The second-order valence-electron chi connectivity index (χ2n) is 5.26. The van der Waals surface area contributed by atoms with Crippen LogP contribution >= 0.6 is 11.3 Å². The van der Waals surface area contributed by atoms with Crippen molar-refractivity contribution in [3.63, 3.8) is 0 Å². The van der Waals surface area contributed by atoms with Gasteiger partial charge in [-0.15, -0.1) is 0 Å². The molecule has 3 rings (SSSR count). The molecule has 7 heteroatoms. The van der Waals surface area contributed by atoms with E-state index in [1.165, 1.54) is 23.5 Å². The first-order valence-electron chi connectivity index (χ1n) is 6.87. The van der Waals surface area contributed by atoms with Crippen molar-refractivity contribution in [1.82, 2.24) is 4.98 Å². The second kappa shape index (κ2) is 5.77. The summed E-state index contributed by atoms with van der Waals surface area (Å²) in [6.45, 7) is 3.86. The molecule has 2 aromatic carbocycles. The van der Waals surface area contributed by atoms with Crippen molar-refractivity contribution < 1.29 is 9.72 Å². The highest BCUT2D eigenvalue weighted by molar-refractivity contribution is 7.22. The molecular weight excluding hydrogens is 314 g/mol. The molecule has 0 aliphatic carbocycles. The smallest absolute Gasteiger partial charge is 0.271 e. The van der Waals surface area contributed by atoms with Gasteiger partial charge >= 0.3 is 0 Å². The number of non-ortho nitro benzene ring substituents is 1. The van der Waals surface area contributed by atoms with Crippen LogP contribution in [0.2, 0.25) is 0 Å². The molecule has 0 aliphatic heterocycles. The number of carbonyl (C=O) groups is 1. The summed E-state index contributed by atoms with van der Waals surface area (Å²) < 4.78 is 0.784. The Morgan fingerprint density at radius 1 is 1.17 bits per heavy atom. The maximum atomic E-state index is 12.3. The Bertz CT molecular complexity index is 913. The molecule has 0 spiro atoms. The van der Waals surface area contributed by atoms with E-state index in [0.29, 0.717) is 16.2 Å². The molecule has 0 radical (unpaired) electrons. The molecule has 116 valence electrons. The summed E-state index contributed by atoms with van der Waals surface area (Å²) in [6.07, 6.45) is 0. The summed E-state index contributed by atoms with van der Waals surface area (Å²) in [5.74, 6) is -0.245. The molecule has 0 aliphatic rings. The molecule has 23 heavy (non-hydrogen) atoms. The van der Waals surface area contributed by atoms with Gasteiger partial charge < -0.3 is 0 Å². The third-order valence-electron chi connectivity index (χ3n) is 3.29. The fraction of sp³-hybridized carbons (Fsp3) is 0.125. The number of rotatable bonds is 3. The number of nitro benzene ring substituents is 1. The number of thiazole rings is 1. The van der Waals surface area contributed by atoms with Crippen molar-refractivity contribution >= 4 is 38.3 Å². The van der Waals surface area contributed by atoms with E-state index < -0.39 is 4.92 Å². The first-order chi connectivity index (χ1) is 10.9. The van der Waals surface area contributed by atoms with Crippen molar-refractivity contribution in [3.05, 3.63) is 63.2 Å². The lowest BCUT2D eigenvalue weighted by molar-refractivity contribution is -0.384. The molecular formula is C16H13N3O3S. The van der Waals surface area contributed by atoms with Crippen LogP contribution < -0.4 is 5.32 Å². The third kappa shape index (κ3) is 3.19. The Kier molecular flexibility index (Phi) is 3.79. The van der Waals surface area contributed by atoms with Gasteiger partial charge in [0, 0.05) is 17.7 Å². The number of benzene rings is 2. The topological polar surface area (TPSA) is 85.1 Å². The Labute approximate surface area is 135 Å². The lowest BCUT2D eigenvalue weighted by Gasteiger charge is -2.04. The Morgan fingerprint density at radius 2 is 1.87 bits per heavy atom. The van der Waals surface area contributed by atoms with Crippen LogP contribution in [0.15, 0.2) is 36.4 Å². The molecule has 0 atom stereocenters. The van der Waals surface area contributed by atoms with Crippen molar-refractivity contribution in [3.8, 4) is 0 Å². The zero-order chi connectivity index (χ0) is 16.6. The van der Waals surface area contributed by atoms with Gasteiger partial charge in [-0.25, -0.2) is 4.98 Å². The normalized spacial score (nSPS) is 10.7. The molecule has 1 amide bonds. The van der Waals surface area contributed by atoms with Crippen LogP contribution in [-0.4, -0.2) is 15.8 Å². The van der Waals surface area contributed by atoms with Crippen LogP contribution in [0.5, 0.6) is 0 Å². The minimum absolute atomic E-state index is 0.0185. The molecule has 0 fully saturated rings. The number of aromatic nitrogens is 1. The molecule has 0 saturated heterocycles. The Balaban J connectivity index is 1.88. The lowest BCUT2D eigenvalue weighted by atomic mass is 10.1. The van der Waals surface area contributed by atoms with Gasteiger partial charge in [0.2, 0.25) is 0 Å². The van der Waals surface area contributed by atoms with Crippen LogP contribution in [0.1, 0.15) is 21.5 Å². The van der Waals surface area contributed by atoms with E-state index in [4.69, 9.17) is 0 Å². The number of hydrogen-bond acceptors (Lipinski definition) is 5. The van der Waals surface area contributed by atoms with Crippen LogP contribution in [0.3, 0.4) is 0 Å². The highest BCUT2D eigenvalue weighted by Gasteiger charge is 2.13. The number of fused-ring (bicyclic) bond motifs is 1. The molecule has 1 N–H and O–H groups in total. The van der Waals surface area contributed by atoms with E-state index in [0.717, 1.165) is 15.8 Å². The van der Waals surface area contributed by atoms with Crippen LogP contribution in [0.25, 0.3) is 10.2 Å². The zero-order valence-corrected chi connectivity index (χ0v) is 13.3. The quantitative estimate of drug-likeness (QED) is 0.580. The van der Waals surface area contributed by atoms with E-state index in [1.807, 2.05) is 19.9 Å². The predicted molar refractivity (Wildman–Crippen MR) is 90.1 cm³/mol. The zero-order valence-electron chi connectivity index (χ0n) is 12.5. The average Bonchev–Trinajstić information content (AvgIpc) is 2.87. The van der Waals surface area contributed by atoms with Crippen molar-refractivity contribution in [2.45, 2.75) is 13.8 Å². The first-order valence-corrected chi connectivity index (χ1v) is 7.68. The van der Waals surface area contributed by atoms with E-state index in [9.17, 15) is 14.9 Å². The van der Waals surface area contributed by atoms with Gasteiger partial charge in [-0.2, -0.15) is 0 Å². The van der Waals surface area contributed by atoms with Crippen LogP contribution in [0, 0.1) is 24.0 Å². The number of carbonyl (C=O) groups excluding carboxylic acids is 1. The summed E-state index contributed by atoms with van der Waals surface area (Å²) in [6, 6.07) is 10.1. The maximum absolute atomic E-state index is 12.3. The van der Waals surface area contributed by atoms with Crippen LogP contribution in [0.4, 0.5) is 10.8 Å². The molecule has 3 aromatic rings. The standard InChI is InChI=1S/C16H13N3O3S/c1-9-5-10(2)7-11(6-9)15(20)18-16-17-13-8-12(19(21)22)3-4-14(13)23-16/h3-8H,1-2H3,(H,17,18,20). The van der Waals surface area contributed by atoms with Gasteiger partial charge in [0.1, 0.15) is 0 Å². The number of nitrogens with one attached hydrogen (secondary N) is 1. The van der Waals surface area contributed by atoms with E-state index in [2.05, 4.69) is 10.3 Å². The highest BCUT2D eigenvalue weighted by atomic mass is 32.1. The predicted octanol–water partition coefficient (Wildman–Crippen LogP) is 4.07. The van der Waals surface area contributed by atoms with Gasteiger partial charge in [0.15, 0.2) is 5.13 Å². The monoisotopic (exact) mass is 327 g/mol. The Hall–Kier alpha value is -2.80. The second-order valence-corrected chi connectivity index (χ2v) is 6.29. The minimum atomic E-state index is -0.466. The molecule has 1 aromatic heterocycles. The fourth-order valence-corrected chi connectivity index (χ4v) is 3.20. The summed E-state index contributed by atoms with van der Waals surface area (Å²) in [5, 5.41) is 14.0. The van der Waals surface area contributed by atoms with Gasteiger partial charge in [-0.3, -0.25) is 20.2 Å². The number of aryl methyl sites for hydroxylation is 2.